The van der Waals surface area contributed by atoms with E-state index in [0.717, 1.165) is 11.3 Å². The van der Waals surface area contributed by atoms with Crippen LogP contribution in [-0.4, -0.2) is 12.5 Å². The topological polar surface area (TPSA) is 64.9 Å². The van der Waals surface area contributed by atoms with E-state index in [-0.39, 0.29) is 5.91 Å². The van der Waals surface area contributed by atoms with Gasteiger partial charge in [0.15, 0.2) is 0 Å². The maximum absolute atomic E-state index is 11.2. The Morgan fingerprint density at radius 1 is 1.36 bits per heavy atom. The van der Waals surface area contributed by atoms with Crippen molar-refractivity contribution in [2.45, 2.75) is 6.54 Å². The monoisotopic (exact) mass is 187 g/mol. The molecule has 1 amide bonds. The van der Waals surface area contributed by atoms with Crippen molar-refractivity contribution in [3.05, 3.63) is 29.3 Å². The summed E-state index contributed by atoms with van der Waals surface area (Å²) in [5.41, 5.74) is 2.31. The third kappa shape index (κ3) is 1.58. The third-order valence-corrected chi connectivity index (χ3v) is 2.11. The molecule has 0 fully saturated rings. The van der Waals surface area contributed by atoms with Gasteiger partial charge >= 0.3 is 0 Å². The van der Waals surface area contributed by atoms with Crippen LogP contribution in [0, 0.1) is 11.3 Å². The van der Waals surface area contributed by atoms with E-state index in [2.05, 4.69) is 10.6 Å². The lowest BCUT2D eigenvalue weighted by Crippen LogP contribution is -2.23. The molecule has 0 aliphatic carbocycles. The summed E-state index contributed by atoms with van der Waals surface area (Å²) in [5, 5.41) is 14.4. The molecule has 1 aliphatic heterocycles. The molecule has 2 rings (SSSR count). The molecule has 0 aromatic heterocycles. The van der Waals surface area contributed by atoms with Gasteiger partial charge in [-0.2, -0.15) is 5.26 Å². The normalized spacial score (nSPS) is 14.9. The van der Waals surface area contributed by atoms with Crippen molar-refractivity contribution < 1.29 is 4.79 Å². The number of amides is 1. The Kier molecular flexibility index (Phi) is 2.17. The lowest BCUT2D eigenvalue weighted by Gasteiger charge is -2.05. The fourth-order valence-electron chi connectivity index (χ4n) is 1.42. The zero-order valence-electron chi connectivity index (χ0n) is 7.50. The maximum atomic E-state index is 11.2. The molecule has 0 unspecified atom stereocenters. The predicted molar refractivity (Wildman–Crippen MR) is 51.5 cm³/mol. The Balaban J connectivity index is 2.43. The van der Waals surface area contributed by atoms with Crippen LogP contribution in [0.3, 0.4) is 0 Å². The van der Waals surface area contributed by atoms with Crippen LogP contribution in [0.25, 0.3) is 0 Å². The van der Waals surface area contributed by atoms with E-state index in [1.54, 1.807) is 12.1 Å². The van der Waals surface area contributed by atoms with Crippen molar-refractivity contribution in [3.8, 4) is 6.07 Å². The minimum Gasteiger partial charge on any atom is -0.325 e. The van der Waals surface area contributed by atoms with Crippen molar-refractivity contribution in [1.82, 2.24) is 5.32 Å². The number of anilines is 1. The molecule has 0 atom stereocenters. The van der Waals surface area contributed by atoms with Gasteiger partial charge in [0.05, 0.1) is 18.2 Å². The first-order valence-electron chi connectivity index (χ1n) is 4.33. The number of carbonyl (C=O) groups is 1. The Bertz CT molecular complexity index is 420. The second kappa shape index (κ2) is 3.48. The number of nitrogens with one attached hydrogen (secondary N) is 2. The van der Waals surface area contributed by atoms with Gasteiger partial charge in [-0.25, -0.2) is 0 Å². The van der Waals surface area contributed by atoms with Gasteiger partial charge in [-0.1, -0.05) is 6.07 Å². The van der Waals surface area contributed by atoms with Crippen molar-refractivity contribution in [2.75, 3.05) is 11.9 Å². The van der Waals surface area contributed by atoms with Gasteiger partial charge in [0, 0.05) is 12.2 Å². The molecule has 1 aromatic carbocycles. The summed E-state index contributed by atoms with van der Waals surface area (Å²) >= 11 is 0. The lowest BCUT2D eigenvalue weighted by atomic mass is 10.1. The number of hydrogen-bond donors (Lipinski definition) is 2. The number of carbonyl (C=O) groups excluding carboxylic acids is 1. The summed E-state index contributed by atoms with van der Waals surface area (Å²) < 4.78 is 0. The molecule has 0 saturated carbocycles. The van der Waals surface area contributed by atoms with Crippen LogP contribution in [-0.2, 0) is 11.3 Å². The molecule has 1 aromatic rings. The molecule has 0 radical (unpaired) electrons. The fourth-order valence-corrected chi connectivity index (χ4v) is 1.42. The van der Waals surface area contributed by atoms with Gasteiger partial charge in [-0.15, -0.1) is 0 Å². The Morgan fingerprint density at radius 3 is 3.00 bits per heavy atom. The van der Waals surface area contributed by atoms with Crippen LogP contribution in [0.1, 0.15) is 11.1 Å². The quantitative estimate of drug-likeness (QED) is 0.625. The third-order valence-electron chi connectivity index (χ3n) is 2.11. The number of hydrogen-bond acceptors (Lipinski definition) is 3. The lowest BCUT2D eigenvalue weighted by molar-refractivity contribution is -0.115. The zero-order chi connectivity index (χ0) is 9.97. The highest BCUT2D eigenvalue weighted by molar-refractivity contribution is 5.93. The minimum atomic E-state index is -0.0705. The van der Waals surface area contributed by atoms with E-state index >= 15 is 0 Å². The highest BCUT2D eigenvalue weighted by Gasteiger charge is 2.11. The summed E-state index contributed by atoms with van der Waals surface area (Å²) in [6.07, 6.45) is 0. The number of rotatable bonds is 0. The second-order valence-electron chi connectivity index (χ2n) is 3.14. The van der Waals surface area contributed by atoms with Crippen molar-refractivity contribution >= 4 is 11.6 Å². The van der Waals surface area contributed by atoms with Gasteiger partial charge in [-0.05, 0) is 17.7 Å². The summed E-state index contributed by atoms with van der Waals surface area (Å²) in [6.45, 7) is 0.969. The molecule has 2 N–H and O–H groups in total. The summed E-state index contributed by atoms with van der Waals surface area (Å²) in [4.78, 5) is 11.2. The van der Waals surface area contributed by atoms with Crippen molar-refractivity contribution in [3.63, 3.8) is 0 Å². The van der Waals surface area contributed by atoms with Crippen molar-refractivity contribution in [2.24, 2.45) is 0 Å². The van der Waals surface area contributed by atoms with Gasteiger partial charge in [0.2, 0.25) is 5.91 Å². The average molecular weight is 187 g/mol. The van der Waals surface area contributed by atoms with Gasteiger partial charge < -0.3 is 10.6 Å². The molecule has 4 nitrogen and oxygen atoms in total. The molecule has 70 valence electrons. The molecule has 4 heteroatoms. The van der Waals surface area contributed by atoms with Gasteiger partial charge in [0.25, 0.3) is 0 Å². The molecule has 0 bridgehead atoms. The van der Waals surface area contributed by atoms with Crippen LogP contribution >= 0.6 is 0 Å². The summed E-state index contributed by atoms with van der Waals surface area (Å²) in [5.74, 6) is -0.0705. The zero-order valence-corrected chi connectivity index (χ0v) is 7.50. The Hall–Kier alpha value is -1.86. The molecule has 0 saturated heterocycles. The summed E-state index contributed by atoms with van der Waals surface area (Å²) in [7, 11) is 0. The van der Waals surface area contributed by atoms with E-state index in [0.29, 0.717) is 18.7 Å². The van der Waals surface area contributed by atoms with Gasteiger partial charge in [-0.3, -0.25) is 4.79 Å². The number of nitrogens with zero attached hydrogens (tertiary/aromatic N) is 1. The van der Waals surface area contributed by atoms with E-state index in [1.165, 1.54) is 0 Å². The standard InChI is InChI=1S/C10H9N3O/c11-4-7-1-2-8-5-12-6-10(14)13-9(8)3-7/h1-3,12H,5-6H2,(H,13,14). The maximum Gasteiger partial charge on any atom is 0.238 e. The highest BCUT2D eigenvalue weighted by atomic mass is 16.1. The van der Waals surface area contributed by atoms with Crippen LogP contribution in [0.15, 0.2) is 18.2 Å². The van der Waals surface area contributed by atoms with E-state index < -0.39 is 0 Å². The first kappa shape index (κ1) is 8.73. The predicted octanol–water partition coefficient (Wildman–Crippen LogP) is 0.600. The number of fused-ring (bicyclic) bond motifs is 1. The Morgan fingerprint density at radius 2 is 2.21 bits per heavy atom. The highest BCUT2D eigenvalue weighted by Crippen LogP contribution is 2.18. The van der Waals surface area contributed by atoms with Crippen LogP contribution in [0.2, 0.25) is 0 Å². The van der Waals surface area contributed by atoms with Crippen LogP contribution in [0.5, 0.6) is 0 Å². The number of benzene rings is 1. The van der Waals surface area contributed by atoms with E-state index in [4.69, 9.17) is 5.26 Å². The van der Waals surface area contributed by atoms with E-state index in [1.807, 2.05) is 12.1 Å². The number of nitriles is 1. The van der Waals surface area contributed by atoms with Crippen LogP contribution in [0.4, 0.5) is 5.69 Å². The largest absolute Gasteiger partial charge is 0.325 e. The van der Waals surface area contributed by atoms with Crippen molar-refractivity contribution in [1.29, 1.82) is 5.26 Å². The first-order chi connectivity index (χ1) is 6.79. The average Bonchev–Trinajstić information content (AvgIpc) is 2.37. The SMILES string of the molecule is N#Cc1ccc2c(c1)NC(=O)CNC2. The molecule has 1 aliphatic rings. The fraction of sp³-hybridized carbons (Fsp3) is 0.200. The first-order valence-corrected chi connectivity index (χ1v) is 4.33. The Labute approximate surface area is 81.5 Å². The molecule has 0 spiro atoms. The second-order valence-corrected chi connectivity index (χ2v) is 3.14. The molecule has 1 heterocycles. The van der Waals surface area contributed by atoms with E-state index in [9.17, 15) is 4.79 Å². The van der Waals surface area contributed by atoms with Crippen LogP contribution < -0.4 is 10.6 Å². The smallest absolute Gasteiger partial charge is 0.238 e. The molecule has 14 heavy (non-hydrogen) atoms. The minimum absolute atomic E-state index is 0.0705. The summed E-state index contributed by atoms with van der Waals surface area (Å²) in [6, 6.07) is 7.34. The molecular formula is C10H9N3O. The van der Waals surface area contributed by atoms with Gasteiger partial charge in [0.1, 0.15) is 0 Å². The molecular weight excluding hydrogens is 178 g/mol.